The lowest BCUT2D eigenvalue weighted by molar-refractivity contribution is -0.619. The maximum absolute atomic E-state index is 10.1. The molecule has 1 saturated heterocycles. The van der Waals surface area contributed by atoms with Crippen LogP contribution in [0, 0.1) is 0 Å². The summed E-state index contributed by atoms with van der Waals surface area (Å²) in [6.45, 7) is 2.20. The van der Waals surface area contributed by atoms with Gasteiger partial charge in [-0.25, -0.2) is 4.58 Å². The maximum Gasteiger partial charge on any atom is 0.343 e. The zero-order chi connectivity index (χ0) is 14.3. The fourth-order valence-electron chi connectivity index (χ4n) is 2.89. The van der Waals surface area contributed by atoms with Crippen LogP contribution in [0.15, 0.2) is 0 Å². The number of unbranched alkanes of at least 4 members (excludes halogenated alkanes) is 4. The molecule has 1 aliphatic heterocycles. The van der Waals surface area contributed by atoms with Gasteiger partial charge in [-0.15, -0.1) is 0 Å². The molecule has 0 spiro atoms. The highest BCUT2D eigenvalue weighted by Crippen LogP contribution is 2.23. The molecule has 0 aromatic heterocycles. The lowest BCUT2D eigenvalue weighted by Gasteiger charge is -2.18. The van der Waals surface area contributed by atoms with Crippen LogP contribution in [0.3, 0.4) is 0 Å². The normalized spacial score (nSPS) is 24.7. The zero-order valence-corrected chi connectivity index (χ0v) is 12.1. The van der Waals surface area contributed by atoms with Crippen molar-refractivity contribution in [2.24, 2.45) is 11.5 Å². The van der Waals surface area contributed by atoms with Gasteiger partial charge < -0.3 is 10.2 Å². The van der Waals surface area contributed by atoms with Gasteiger partial charge >= 0.3 is 5.96 Å². The number of hydrogen-bond donors (Lipinski definition) is 4. The summed E-state index contributed by atoms with van der Waals surface area (Å²) in [7, 11) is 0. The van der Waals surface area contributed by atoms with E-state index >= 15 is 0 Å². The van der Waals surface area contributed by atoms with Crippen LogP contribution in [-0.4, -0.2) is 39.1 Å². The molecule has 0 aliphatic carbocycles. The molecule has 1 aliphatic rings. The Kier molecular flexibility index (Phi) is 7.16. The monoisotopic (exact) mass is 272 g/mol. The molecule has 1 heterocycles. The summed E-state index contributed by atoms with van der Waals surface area (Å²) in [5, 5.41) is 19.8. The number of hydrogen-bond acceptors (Lipinski definition) is 2. The highest BCUT2D eigenvalue weighted by molar-refractivity contribution is 5.70. The molecular formula is C14H30N3O2+. The second kappa shape index (κ2) is 8.38. The third kappa shape index (κ3) is 5.37. The van der Waals surface area contributed by atoms with Gasteiger partial charge in [0.1, 0.15) is 0 Å². The van der Waals surface area contributed by atoms with Gasteiger partial charge in [-0.05, 0) is 12.8 Å². The first-order chi connectivity index (χ1) is 9.06. The van der Waals surface area contributed by atoms with Gasteiger partial charge in [0.05, 0.1) is 12.1 Å². The van der Waals surface area contributed by atoms with Crippen molar-refractivity contribution in [3.05, 3.63) is 0 Å². The average molecular weight is 272 g/mol. The highest BCUT2D eigenvalue weighted by atomic mass is 16.3. The maximum atomic E-state index is 10.1. The topological polar surface area (TPSA) is 95.5 Å². The fourth-order valence-corrected chi connectivity index (χ4v) is 2.89. The quantitative estimate of drug-likeness (QED) is 0.299. The Bertz CT molecular complexity index is 290. The molecule has 3 atom stereocenters. The second-order valence-electron chi connectivity index (χ2n) is 5.64. The average Bonchev–Trinajstić information content (AvgIpc) is 2.70. The molecule has 0 aromatic rings. The molecule has 0 aromatic carbocycles. The van der Waals surface area contributed by atoms with Gasteiger partial charge in [0.25, 0.3) is 0 Å². The number of nitrogens with zero attached hydrogens (tertiary/aromatic N) is 1. The van der Waals surface area contributed by atoms with Crippen molar-refractivity contribution >= 4 is 5.96 Å². The van der Waals surface area contributed by atoms with E-state index in [2.05, 4.69) is 6.92 Å². The lowest BCUT2D eigenvalue weighted by atomic mass is 10.0. The SMILES string of the molecule is CCCCCCC[C@H](O)C[C@@H]1CCC(O)[N+]1=C(N)N. The van der Waals surface area contributed by atoms with Crippen molar-refractivity contribution < 1.29 is 14.8 Å². The van der Waals surface area contributed by atoms with E-state index in [1.165, 1.54) is 25.7 Å². The van der Waals surface area contributed by atoms with Crippen molar-refractivity contribution in [1.82, 2.24) is 0 Å². The van der Waals surface area contributed by atoms with E-state index in [1.807, 2.05) is 0 Å². The summed E-state index contributed by atoms with van der Waals surface area (Å²) >= 11 is 0. The summed E-state index contributed by atoms with van der Waals surface area (Å²) in [6, 6.07) is 0.0747. The predicted octanol–water partition coefficient (Wildman–Crippen LogP) is 0.865. The molecule has 5 nitrogen and oxygen atoms in total. The number of aliphatic hydroxyl groups excluding tert-OH is 2. The first-order valence-corrected chi connectivity index (χ1v) is 7.58. The van der Waals surface area contributed by atoms with E-state index in [-0.39, 0.29) is 18.1 Å². The molecule has 0 radical (unpaired) electrons. The summed E-state index contributed by atoms with van der Waals surface area (Å²) in [5.74, 6) is 0.158. The zero-order valence-electron chi connectivity index (χ0n) is 12.1. The Morgan fingerprint density at radius 2 is 1.89 bits per heavy atom. The van der Waals surface area contributed by atoms with E-state index in [1.54, 1.807) is 4.58 Å². The lowest BCUT2D eigenvalue weighted by Crippen LogP contribution is -2.43. The van der Waals surface area contributed by atoms with Crippen LogP contribution in [0.25, 0.3) is 0 Å². The van der Waals surface area contributed by atoms with Gasteiger partial charge in [-0.3, -0.25) is 11.5 Å². The van der Waals surface area contributed by atoms with Crippen molar-refractivity contribution in [2.75, 3.05) is 0 Å². The summed E-state index contributed by atoms with van der Waals surface area (Å²) < 4.78 is 1.64. The highest BCUT2D eigenvalue weighted by Gasteiger charge is 2.33. The second-order valence-corrected chi connectivity index (χ2v) is 5.64. The Balaban J connectivity index is 2.28. The standard InChI is InChI=1S/C14H29N3O2/c1-2-3-4-5-6-7-12(18)10-11-8-9-13(19)17(11)14(15)16/h11-13,18-19H,2-10H2,1H3,(H3,15,16)/p+1/t11-,12-,13?/m0/s1. The third-order valence-electron chi connectivity index (χ3n) is 3.96. The van der Waals surface area contributed by atoms with Crippen LogP contribution in [0.2, 0.25) is 0 Å². The van der Waals surface area contributed by atoms with E-state index < -0.39 is 6.23 Å². The number of aliphatic hydroxyl groups is 2. The van der Waals surface area contributed by atoms with Crippen molar-refractivity contribution in [3.63, 3.8) is 0 Å². The molecule has 0 bridgehead atoms. The molecule has 112 valence electrons. The largest absolute Gasteiger partial charge is 0.393 e. The van der Waals surface area contributed by atoms with Crippen molar-refractivity contribution in [1.29, 1.82) is 0 Å². The van der Waals surface area contributed by atoms with Crippen LogP contribution >= 0.6 is 0 Å². The van der Waals surface area contributed by atoms with E-state index in [9.17, 15) is 10.2 Å². The van der Waals surface area contributed by atoms with Crippen LogP contribution in [0.1, 0.15) is 64.7 Å². The molecule has 1 unspecified atom stereocenters. The number of guanidine groups is 1. The molecule has 0 saturated carbocycles. The predicted molar refractivity (Wildman–Crippen MR) is 76.7 cm³/mol. The minimum Gasteiger partial charge on any atom is -0.393 e. The Labute approximate surface area is 116 Å². The Hall–Kier alpha value is -0.810. The summed E-state index contributed by atoms with van der Waals surface area (Å²) in [6.07, 6.45) is 8.09. The van der Waals surface area contributed by atoms with Gasteiger partial charge in [0, 0.05) is 12.8 Å². The summed E-state index contributed by atoms with van der Waals surface area (Å²) in [4.78, 5) is 0. The molecule has 19 heavy (non-hydrogen) atoms. The first-order valence-electron chi connectivity index (χ1n) is 7.58. The molecule has 0 amide bonds. The van der Waals surface area contributed by atoms with Gasteiger partial charge in [0.2, 0.25) is 0 Å². The molecule has 6 N–H and O–H groups in total. The molecule has 1 rings (SSSR count). The van der Waals surface area contributed by atoms with E-state index in [4.69, 9.17) is 11.5 Å². The fraction of sp³-hybridized carbons (Fsp3) is 0.929. The summed E-state index contributed by atoms with van der Waals surface area (Å²) in [5.41, 5.74) is 11.2. The van der Waals surface area contributed by atoms with Crippen LogP contribution in [-0.2, 0) is 0 Å². The molecule has 5 heteroatoms. The minimum atomic E-state index is -0.591. The van der Waals surface area contributed by atoms with Gasteiger partial charge in [-0.2, -0.15) is 0 Å². The van der Waals surface area contributed by atoms with Gasteiger partial charge in [0.15, 0.2) is 6.23 Å². The number of nitrogens with two attached hydrogens (primary N) is 2. The van der Waals surface area contributed by atoms with E-state index in [0.29, 0.717) is 12.8 Å². The van der Waals surface area contributed by atoms with Crippen LogP contribution in [0.5, 0.6) is 0 Å². The molecular weight excluding hydrogens is 242 g/mol. The third-order valence-corrected chi connectivity index (χ3v) is 3.96. The number of rotatable bonds is 8. The Morgan fingerprint density at radius 1 is 1.21 bits per heavy atom. The van der Waals surface area contributed by atoms with Crippen LogP contribution in [0.4, 0.5) is 0 Å². The Morgan fingerprint density at radius 3 is 2.53 bits per heavy atom. The van der Waals surface area contributed by atoms with Gasteiger partial charge in [-0.1, -0.05) is 39.0 Å². The first kappa shape index (κ1) is 16.2. The smallest absolute Gasteiger partial charge is 0.343 e. The molecule has 1 fully saturated rings. The van der Waals surface area contributed by atoms with Crippen LogP contribution < -0.4 is 11.5 Å². The minimum absolute atomic E-state index is 0.0747. The van der Waals surface area contributed by atoms with E-state index in [0.717, 1.165) is 19.3 Å². The van der Waals surface area contributed by atoms with Crippen molar-refractivity contribution in [2.45, 2.75) is 83.1 Å². The van der Waals surface area contributed by atoms with Crippen molar-refractivity contribution in [3.8, 4) is 0 Å².